The van der Waals surface area contributed by atoms with Gasteiger partial charge in [0.25, 0.3) is 0 Å². The van der Waals surface area contributed by atoms with Crippen LogP contribution in [0.15, 0.2) is 12.3 Å². The second-order valence-electron chi connectivity index (χ2n) is 3.63. The minimum Gasteiger partial charge on any atom is -0.478 e. The van der Waals surface area contributed by atoms with Gasteiger partial charge in [0.15, 0.2) is 0 Å². The smallest absolute Gasteiger partial charge is 0.339 e. The molecule has 0 bridgehead atoms. The molecule has 94 valence electrons. The van der Waals surface area contributed by atoms with Crippen molar-refractivity contribution in [2.24, 2.45) is 0 Å². The van der Waals surface area contributed by atoms with Gasteiger partial charge in [0.05, 0.1) is 12.3 Å². The van der Waals surface area contributed by atoms with E-state index in [1.807, 2.05) is 6.92 Å². The van der Waals surface area contributed by atoms with Gasteiger partial charge in [-0.2, -0.15) is 0 Å². The molecule has 1 heterocycles. The highest BCUT2D eigenvalue weighted by molar-refractivity contribution is 5.93. The molecule has 0 fully saturated rings. The Hall–Kier alpha value is -1.69. The molecular weight excluding hydrogens is 227 g/mol. The summed E-state index contributed by atoms with van der Waals surface area (Å²) in [6.07, 6.45) is 1.63. The van der Waals surface area contributed by atoms with Crippen LogP contribution in [-0.2, 0) is 0 Å². The Morgan fingerprint density at radius 3 is 2.94 bits per heavy atom. The van der Waals surface area contributed by atoms with Crippen molar-refractivity contribution in [3.63, 3.8) is 0 Å². The summed E-state index contributed by atoms with van der Waals surface area (Å²) in [5, 5.41) is 20.9. The molecule has 3 N–H and O–H groups in total. The van der Waals surface area contributed by atoms with Crippen molar-refractivity contribution >= 4 is 11.8 Å². The number of aromatic nitrogens is 1. The highest BCUT2D eigenvalue weighted by Gasteiger charge is 2.12. The lowest BCUT2D eigenvalue weighted by atomic mass is 10.2. The van der Waals surface area contributed by atoms with Gasteiger partial charge < -0.3 is 15.5 Å². The summed E-state index contributed by atoms with van der Waals surface area (Å²) < 4.78 is 12.8. The highest BCUT2D eigenvalue weighted by atomic mass is 19.1. The van der Waals surface area contributed by atoms with Gasteiger partial charge in [0.2, 0.25) is 0 Å². The number of aliphatic hydroxyl groups is 1. The molecule has 1 atom stereocenters. The molecular formula is C11H15FN2O3. The summed E-state index contributed by atoms with van der Waals surface area (Å²) >= 11 is 0. The van der Waals surface area contributed by atoms with Gasteiger partial charge >= 0.3 is 5.97 Å². The fourth-order valence-corrected chi connectivity index (χ4v) is 1.30. The summed E-state index contributed by atoms with van der Waals surface area (Å²) in [6.45, 7) is 2.23. The molecule has 0 saturated carbocycles. The molecule has 0 radical (unpaired) electrons. The van der Waals surface area contributed by atoms with Gasteiger partial charge in [-0.3, -0.25) is 0 Å². The van der Waals surface area contributed by atoms with E-state index in [1.165, 1.54) is 0 Å². The lowest BCUT2D eigenvalue weighted by molar-refractivity contribution is 0.0697. The lowest BCUT2D eigenvalue weighted by Crippen LogP contribution is -2.15. The van der Waals surface area contributed by atoms with E-state index in [1.54, 1.807) is 0 Å². The molecule has 0 saturated heterocycles. The van der Waals surface area contributed by atoms with Crippen molar-refractivity contribution < 1.29 is 19.4 Å². The number of carboxylic acid groups (broad SMARTS) is 1. The fraction of sp³-hybridized carbons (Fsp3) is 0.455. The summed E-state index contributed by atoms with van der Waals surface area (Å²) in [7, 11) is 0. The SMILES string of the molecule is CCC(O)CCNc1ncc(F)cc1C(=O)O. The van der Waals surface area contributed by atoms with Crippen molar-refractivity contribution in [2.75, 3.05) is 11.9 Å². The molecule has 0 aliphatic heterocycles. The Morgan fingerprint density at radius 1 is 1.65 bits per heavy atom. The molecule has 1 aromatic rings. The minimum absolute atomic E-state index is 0.113. The lowest BCUT2D eigenvalue weighted by Gasteiger charge is -2.10. The van der Waals surface area contributed by atoms with E-state index in [0.29, 0.717) is 19.4 Å². The largest absolute Gasteiger partial charge is 0.478 e. The molecule has 0 amide bonds. The van der Waals surface area contributed by atoms with Gasteiger partial charge in [0, 0.05) is 6.54 Å². The van der Waals surface area contributed by atoms with Gasteiger partial charge in [-0.1, -0.05) is 6.92 Å². The first-order valence-electron chi connectivity index (χ1n) is 5.35. The first-order valence-corrected chi connectivity index (χ1v) is 5.35. The van der Waals surface area contributed by atoms with Crippen molar-refractivity contribution in [3.8, 4) is 0 Å². The minimum atomic E-state index is -1.24. The molecule has 0 spiro atoms. The number of nitrogens with zero attached hydrogens (tertiary/aromatic N) is 1. The van der Waals surface area contributed by atoms with Gasteiger partial charge in [-0.25, -0.2) is 14.2 Å². The number of hydrogen-bond donors (Lipinski definition) is 3. The number of aliphatic hydroxyl groups excluding tert-OH is 1. The Balaban J connectivity index is 2.67. The van der Waals surface area contributed by atoms with Crippen LogP contribution < -0.4 is 5.32 Å². The molecule has 1 rings (SSSR count). The van der Waals surface area contributed by atoms with Crippen LogP contribution in [0.2, 0.25) is 0 Å². The molecule has 1 unspecified atom stereocenters. The van der Waals surface area contributed by atoms with Gasteiger partial charge in [-0.15, -0.1) is 0 Å². The van der Waals surface area contributed by atoms with Crippen molar-refractivity contribution in [1.29, 1.82) is 0 Å². The van der Waals surface area contributed by atoms with E-state index >= 15 is 0 Å². The maximum Gasteiger partial charge on any atom is 0.339 e. The first-order chi connectivity index (χ1) is 8.04. The number of pyridine rings is 1. The molecule has 1 aromatic heterocycles. The Kier molecular flexibility index (Phi) is 4.84. The van der Waals surface area contributed by atoms with E-state index < -0.39 is 17.9 Å². The zero-order valence-electron chi connectivity index (χ0n) is 9.48. The van der Waals surface area contributed by atoms with Crippen molar-refractivity contribution in [3.05, 3.63) is 23.6 Å². The van der Waals surface area contributed by atoms with Crippen LogP contribution in [-0.4, -0.2) is 33.8 Å². The van der Waals surface area contributed by atoms with Crippen LogP contribution in [0.3, 0.4) is 0 Å². The summed E-state index contributed by atoms with van der Waals surface area (Å²) in [5.41, 5.74) is -0.212. The number of carbonyl (C=O) groups is 1. The van der Waals surface area contributed by atoms with Crippen LogP contribution >= 0.6 is 0 Å². The standard InChI is InChI=1S/C11H15FN2O3/c1-2-8(15)3-4-13-10-9(11(16)17)5-7(12)6-14-10/h5-6,8,15H,2-4H2,1H3,(H,13,14)(H,16,17). The fourth-order valence-electron chi connectivity index (χ4n) is 1.30. The van der Waals surface area contributed by atoms with Crippen LogP contribution in [0.1, 0.15) is 30.1 Å². The second-order valence-corrected chi connectivity index (χ2v) is 3.63. The number of aromatic carboxylic acids is 1. The molecule has 6 heteroatoms. The molecule has 0 aliphatic carbocycles. The van der Waals surface area contributed by atoms with Crippen LogP contribution in [0.5, 0.6) is 0 Å². The maximum atomic E-state index is 12.8. The quantitative estimate of drug-likeness (QED) is 0.704. The van der Waals surface area contributed by atoms with E-state index in [9.17, 15) is 14.3 Å². The summed E-state index contributed by atoms with van der Waals surface area (Å²) in [6, 6.07) is 0.911. The number of halogens is 1. The Morgan fingerprint density at radius 2 is 2.35 bits per heavy atom. The normalized spacial score (nSPS) is 12.2. The van der Waals surface area contributed by atoms with Crippen LogP contribution in [0.4, 0.5) is 10.2 Å². The first kappa shape index (κ1) is 13.4. The third-order valence-electron chi connectivity index (χ3n) is 2.33. The Labute approximate surface area is 98.3 Å². The second kappa shape index (κ2) is 6.15. The summed E-state index contributed by atoms with van der Waals surface area (Å²) in [4.78, 5) is 14.5. The molecule has 17 heavy (non-hydrogen) atoms. The van der Waals surface area contributed by atoms with E-state index in [-0.39, 0.29) is 11.4 Å². The predicted molar refractivity (Wildman–Crippen MR) is 60.6 cm³/mol. The van der Waals surface area contributed by atoms with E-state index in [0.717, 1.165) is 12.3 Å². The van der Waals surface area contributed by atoms with E-state index in [2.05, 4.69) is 10.3 Å². The van der Waals surface area contributed by atoms with Crippen LogP contribution in [0, 0.1) is 5.82 Å². The Bertz CT molecular complexity index is 398. The van der Waals surface area contributed by atoms with Crippen molar-refractivity contribution in [2.45, 2.75) is 25.9 Å². The third kappa shape index (κ3) is 3.99. The van der Waals surface area contributed by atoms with Gasteiger partial charge in [-0.05, 0) is 18.9 Å². The maximum absolute atomic E-state index is 12.8. The molecule has 5 nitrogen and oxygen atoms in total. The van der Waals surface area contributed by atoms with Crippen molar-refractivity contribution in [1.82, 2.24) is 4.98 Å². The van der Waals surface area contributed by atoms with Crippen LogP contribution in [0.25, 0.3) is 0 Å². The predicted octanol–water partition coefficient (Wildman–Crippen LogP) is 1.49. The number of carboxylic acids is 1. The molecule has 0 aliphatic rings. The number of rotatable bonds is 6. The monoisotopic (exact) mass is 242 g/mol. The molecule has 0 aromatic carbocycles. The number of hydrogen-bond acceptors (Lipinski definition) is 4. The third-order valence-corrected chi connectivity index (χ3v) is 2.33. The summed E-state index contributed by atoms with van der Waals surface area (Å²) in [5.74, 6) is -1.82. The average Bonchev–Trinajstić information content (AvgIpc) is 2.30. The van der Waals surface area contributed by atoms with E-state index in [4.69, 9.17) is 5.11 Å². The topological polar surface area (TPSA) is 82.5 Å². The zero-order valence-corrected chi connectivity index (χ0v) is 9.48. The number of nitrogens with one attached hydrogen (secondary N) is 1. The number of anilines is 1. The van der Waals surface area contributed by atoms with Gasteiger partial charge in [0.1, 0.15) is 17.2 Å². The zero-order chi connectivity index (χ0) is 12.8. The highest BCUT2D eigenvalue weighted by Crippen LogP contribution is 2.13. The average molecular weight is 242 g/mol.